The number of benzene rings is 1. The highest BCUT2D eigenvalue weighted by atomic mass is 19.1. The third-order valence-electron chi connectivity index (χ3n) is 4.04. The first kappa shape index (κ1) is 13.5. The summed E-state index contributed by atoms with van der Waals surface area (Å²) in [6.45, 7) is 4.22. The monoisotopic (exact) mass is 277 g/mol. The zero-order valence-electron chi connectivity index (χ0n) is 11.5. The van der Waals surface area contributed by atoms with Gasteiger partial charge in [-0.1, -0.05) is 0 Å². The molecule has 0 aliphatic carbocycles. The van der Waals surface area contributed by atoms with Crippen LogP contribution in [0.4, 0.5) is 10.1 Å². The summed E-state index contributed by atoms with van der Waals surface area (Å²) in [5.41, 5.74) is 1.43. The number of halogens is 1. The van der Waals surface area contributed by atoms with E-state index in [1.165, 1.54) is 38.1 Å². The predicted octanol–water partition coefficient (Wildman–Crippen LogP) is 1.89. The van der Waals surface area contributed by atoms with Crippen molar-refractivity contribution < 1.29 is 9.18 Å². The zero-order valence-corrected chi connectivity index (χ0v) is 11.5. The number of fused-ring (bicyclic) bond motifs is 1. The summed E-state index contributed by atoms with van der Waals surface area (Å²) in [5, 5.41) is 6.01. The van der Waals surface area contributed by atoms with Crippen molar-refractivity contribution in [3.63, 3.8) is 0 Å². The molecule has 4 nitrogen and oxygen atoms in total. The van der Waals surface area contributed by atoms with Gasteiger partial charge < -0.3 is 15.5 Å². The van der Waals surface area contributed by atoms with Crippen LogP contribution in [-0.2, 0) is 4.79 Å². The highest BCUT2D eigenvalue weighted by molar-refractivity contribution is 6.02. The van der Waals surface area contributed by atoms with Crippen molar-refractivity contribution in [3.05, 3.63) is 29.6 Å². The van der Waals surface area contributed by atoms with E-state index in [1.54, 1.807) is 6.07 Å². The molecule has 2 heterocycles. The molecular formula is C15H20FN3O. The van der Waals surface area contributed by atoms with E-state index >= 15 is 0 Å². The number of carbonyl (C=O) groups is 1. The first-order chi connectivity index (χ1) is 9.74. The summed E-state index contributed by atoms with van der Waals surface area (Å²) in [6.07, 6.45) is 3.60. The maximum absolute atomic E-state index is 13.3. The van der Waals surface area contributed by atoms with Gasteiger partial charge in [0.25, 0.3) is 0 Å². The molecule has 2 aliphatic rings. The molecule has 1 fully saturated rings. The van der Waals surface area contributed by atoms with E-state index in [4.69, 9.17) is 0 Å². The minimum Gasteiger partial charge on any atom is -0.324 e. The lowest BCUT2D eigenvalue weighted by Gasteiger charge is -2.16. The second-order valence-electron chi connectivity index (χ2n) is 5.51. The fourth-order valence-electron chi connectivity index (χ4n) is 2.99. The van der Waals surface area contributed by atoms with Gasteiger partial charge in [-0.3, -0.25) is 4.79 Å². The fraction of sp³-hybridized carbons (Fsp3) is 0.533. The highest BCUT2D eigenvalue weighted by Crippen LogP contribution is 2.31. The number of amides is 1. The standard InChI is InChI=1S/C15H20FN3O/c16-11-4-5-13-12(10-11)14(15(20)18-13)17-6-3-9-19-7-1-2-8-19/h4-5,10,14,17H,1-3,6-9H2,(H,18,20). The number of hydrogen-bond donors (Lipinski definition) is 2. The number of carbonyl (C=O) groups excluding carboxylic acids is 1. The van der Waals surface area contributed by atoms with Crippen LogP contribution in [0, 0.1) is 5.82 Å². The molecule has 108 valence electrons. The van der Waals surface area contributed by atoms with E-state index in [1.807, 2.05) is 0 Å². The Morgan fingerprint density at radius 2 is 2.15 bits per heavy atom. The van der Waals surface area contributed by atoms with Gasteiger partial charge in [0.05, 0.1) is 0 Å². The van der Waals surface area contributed by atoms with Gasteiger partial charge in [0.2, 0.25) is 5.91 Å². The Morgan fingerprint density at radius 1 is 1.35 bits per heavy atom. The van der Waals surface area contributed by atoms with Crippen molar-refractivity contribution in [2.24, 2.45) is 0 Å². The van der Waals surface area contributed by atoms with Crippen LogP contribution >= 0.6 is 0 Å². The van der Waals surface area contributed by atoms with E-state index in [2.05, 4.69) is 15.5 Å². The molecule has 0 radical (unpaired) electrons. The second kappa shape index (κ2) is 5.89. The van der Waals surface area contributed by atoms with E-state index in [0.717, 1.165) is 25.1 Å². The molecular weight excluding hydrogens is 257 g/mol. The quantitative estimate of drug-likeness (QED) is 0.808. The minimum atomic E-state index is -0.417. The molecule has 3 rings (SSSR count). The van der Waals surface area contributed by atoms with Gasteiger partial charge in [0.15, 0.2) is 0 Å². The summed E-state index contributed by atoms with van der Waals surface area (Å²) in [6, 6.07) is 4.01. The first-order valence-corrected chi connectivity index (χ1v) is 7.30. The molecule has 2 aliphatic heterocycles. The Balaban J connectivity index is 1.52. The maximum atomic E-state index is 13.3. The van der Waals surface area contributed by atoms with Crippen molar-refractivity contribution in [2.45, 2.75) is 25.3 Å². The molecule has 1 saturated heterocycles. The number of likely N-dealkylation sites (tertiary alicyclic amines) is 1. The van der Waals surface area contributed by atoms with Crippen LogP contribution in [-0.4, -0.2) is 37.0 Å². The predicted molar refractivity (Wildman–Crippen MR) is 76.1 cm³/mol. The van der Waals surface area contributed by atoms with E-state index < -0.39 is 6.04 Å². The van der Waals surface area contributed by atoms with Crippen molar-refractivity contribution in [2.75, 3.05) is 31.5 Å². The van der Waals surface area contributed by atoms with Crippen molar-refractivity contribution in [1.29, 1.82) is 0 Å². The highest BCUT2D eigenvalue weighted by Gasteiger charge is 2.30. The third-order valence-corrected chi connectivity index (χ3v) is 4.04. The minimum absolute atomic E-state index is 0.0910. The molecule has 0 bridgehead atoms. The molecule has 1 amide bonds. The Kier molecular flexibility index (Phi) is 3.98. The average molecular weight is 277 g/mol. The van der Waals surface area contributed by atoms with Crippen LogP contribution in [0.1, 0.15) is 30.9 Å². The normalized spacial score (nSPS) is 22.1. The Bertz CT molecular complexity index is 500. The van der Waals surface area contributed by atoms with E-state index in [-0.39, 0.29) is 11.7 Å². The molecule has 1 unspecified atom stereocenters. The van der Waals surface area contributed by atoms with Gasteiger partial charge in [-0.2, -0.15) is 0 Å². The summed E-state index contributed by atoms with van der Waals surface area (Å²) < 4.78 is 13.3. The molecule has 0 spiro atoms. The lowest BCUT2D eigenvalue weighted by molar-refractivity contribution is -0.117. The van der Waals surface area contributed by atoms with Gasteiger partial charge in [0.1, 0.15) is 11.9 Å². The van der Waals surface area contributed by atoms with E-state index in [9.17, 15) is 9.18 Å². The lowest BCUT2D eigenvalue weighted by Crippen LogP contribution is -2.30. The smallest absolute Gasteiger partial charge is 0.246 e. The third kappa shape index (κ3) is 2.83. The SMILES string of the molecule is O=C1Nc2ccc(F)cc2C1NCCCN1CCCC1. The van der Waals surface area contributed by atoms with Gasteiger partial charge in [0, 0.05) is 11.3 Å². The fourth-order valence-corrected chi connectivity index (χ4v) is 2.99. The van der Waals surface area contributed by atoms with Crippen LogP contribution in [0.5, 0.6) is 0 Å². The first-order valence-electron chi connectivity index (χ1n) is 7.30. The van der Waals surface area contributed by atoms with Crippen molar-refractivity contribution >= 4 is 11.6 Å². The van der Waals surface area contributed by atoms with Crippen LogP contribution in [0.2, 0.25) is 0 Å². The molecule has 20 heavy (non-hydrogen) atoms. The van der Waals surface area contributed by atoms with Crippen molar-refractivity contribution in [1.82, 2.24) is 10.2 Å². The van der Waals surface area contributed by atoms with E-state index in [0.29, 0.717) is 5.69 Å². The zero-order chi connectivity index (χ0) is 13.9. The van der Waals surface area contributed by atoms with Gasteiger partial charge in [-0.15, -0.1) is 0 Å². The maximum Gasteiger partial charge on any atom is 0.246 e. The molecule has 1 aromatic carbocycles. The van der Waals surface area contributed by atoms with Crippen molar-refractivity contribution in [3.8, 4) is 0 Å². The number of hydrogen-bond acceptors (Lipinski definition) is 3. The Hall–Kier alpha value is -1.46. The van der Waals surface area contributed by atoms with Crippen LogP contribution in [0.25, 0.3) is 0 Å². The number of nitrogens with zero attached hydrogens (tertiary/aromatic N) is 1. The molecule has 5 heteroatoms. The molecule has 2 N–H and O–H groups in total. The lowest BCUT2D eigenvalue weighted by atomic mass is 10.1. The van der Waals surface area contributed by atoms with Crippen LogP contribution in [0.15, 0.2) is 18.2 Å². The Labute approximate surface area is 118 Å². The molecule has 0 aromatic heterocycles. The Morgan fingerprint density at radius 3 is 2.95 bits per heavy atom. The molecule has 0 saturated carbocycles. The van der Waals surface area contributed by atoms with Gasteiger partial charge >= 0.3 is 0 Å². The summed E-state index contributed by atoms with van der Waals surface area (Å²) in [5.74, 6) is -0.393. The summed E-state index contributed by atoms with van der Waals surface area (Å²) in [7, 11) is 0. The summed E-state index contributed by atoms with van der Waals surface area (Å²) in [4.78, 5) is 14.3. The molecule has 1 atom stereocenters. The van der Waals surface area contributed by atoms with Gasteiger partial charge in [-0.25, -0.2) is 4.39 Å². The molecule has 1 aromatic rings. The number of rotatable bonds is 5. The largest absolute Gasteiger partial charge is 0.324 e. The second-order valence-corrected chi connectivity index (χ2v) is 5.51. The van der Waals surface area contributed by atoms with Crippen LogP contribution < -0.4 is 10.6 Å². The average Bonchev–Trinajstić information content (AvgIpc) is 3.03. The summed E-state index contributed by atoms with van der Waals surface area (Å²) >= 11 is 0. The van der Waals surface area contributed by atoms with Crippen LogP contribution in [0.3, 0.4) is 0 Å². The number of anilines is 1. The van der Waals surface area contributed by atoms with Gasteiger partial charge in [-0.05, 0) is 63.6 Å². The topological polar surface area (TPSA) is 44.4 Å². The number of nitrogens with one attached hydrogen (secondary N) is 2.